The summed E-state index contributed by atoms with van der Waals surface area (Å²) in [5, 5.41) is 17.0. The first-order valence-electron chi connectivity index (χ1n) is 10.8. The van der Waals surface area contributed by atoms with Crippen molar-refractivity contribution in [2.45, 2.75) is 26.1 Å². The van der Waals surface area contributed by atoms with E-state index in [0.717, 1.165) is 42.9 Å². The Morgan fingerprint density at radius 1 is 1.33 bits per heavy atom. The maximum Gasteiger partial charge on any atom is 0.338 e. The molecule has 1 unspecified atom stereocenters. The monoisotopic (exact) mass is 444 g/mol. The van der Waals surface area contributed by atoms with Gasteiger partial charge >= 0.3 is 5.97 Å². The Labute approximate surface area is 191 Å². The van der Waals surface area contributed by atoms with Crippen molar-refractivity contribution in [1.82, 2.24) is 25.0 Å². The average molecular weight is 444 g/mol. The topological polar surface area (TPSA) is 105 Å². The second kappa shape index (κ2) is 8.65. The number of benzene rings is 1. The molecule has 0 spiro atoms. The van der Waals surface area contributed by atoms with E-state index in [-0.39, 0.29) is 17.9 Å². The zero-order valence-electron chi connectivity index (χ0n) is 18.5. The van der Waals surface area contributed by atoms with Gasteiger partial charge in [-0.2, -0.15) is 5.26 Å². The first-order valence-corrected chi connectivity index (χ1v) is 10.8. The summed E-state index contributed by atoms with van der Waals surface area (Å²) in [7, 11) is 1.49. The maximum atomic E-state index is 11.8. The highest BCUT2D eigenvalue weighted by Crippen LogP contribution is 2.30. The highest BCUT2D eigenvalue weighted by Gasteiger charge is 2.28. The fourth-order valence-electron chi connectivity index (χ4n) is 4.51. The van der Waals surface area contributed by atoms with Crippen LogP contribution in [0.3, 0.4) is 0 Å². The molecule has 0 radical (unpaired) electrons. The number of methoxy groups -OCH3 is 1. The molecule has 0 saturated carbocycles. The highest BCUT2D eigenvalue weighted by atomic mass is 16.5. The lowest BCUT2D eigenvalue weighted by Crippen LogP contribution is -2.45. The van der Waals surface area contributed by atoms with Crippen molar-refractivity contribution in [1.29, 1.82) is 5.26 Å². The number of piperazine rings is 1. The zero-order valence-corrected chi connectivity index (χ0v) is 18.5. The van der Waals surface area contributed by atoms with E-state index in [4.69, 9.17) is 9.47 Å². The van der Waals surface area contributed by atoms with Crippen LogP contribution in [0.15, 0.2) is 36.7 Å². The second-order valence-corrected chi connectivity index (χ2v) is 8.26. The van der Waals surface area contributed by atoms with Gasteiger partial charge in [-0.05, 0) is 35.7 Å². The van der Waals surface area contributed by atoms with Gasteiger partial charge in [-0.25, -0.2) is 14.5 Å². The summed E-state index contributed by atoms with van der Waals surface area (Å²) in [5.74, 6) is 0.682. The molecule has 2 aromatic heterocycles. The maximum absolute atomic E-state index is 11.8. The van der Waals surface area contributed by atoms with Crippen molar-refractivity contribution in [3.8, 4) is 17.8 Å². The summed E-state index contributed by atoms with van der Waals surface area (Å²) in [4.78, 5) is 18.8. The SMILES string of the molecule is COc1nn(-c2ccc(CN3CCNC(c4ccc5c(c4C)COC5=O)C3)cn2)cc1C#N. The van der Waals surface area contributed by atoms with E-state index >= 15 is 0 Å². The largest absolute Gasteiger partial charge is 0.479 e. The third kappa shape index (κ3) is 3.95. The average Bonchev–Trinajstić information content (AvgIpc) is 3.44. The van der Waals surface area contributed by atoms with Gasteiger partial charge in [0.25, 0.3) is 5.88 Å². The minimum atomic E-state index is -0.230. The first kappa shape index (κ1) is 21.1. The van der Waals surface area contributed by atoms with Gasteiger partial charge < -0.3 is 14.8 Å². The molecule has 1 atom stereocenters. The lowest BCUT2D eigenvalue weighted by atomic mass is 9.93. The van der Waals surface area contributed by atoms with Crippen LogP contribution in [0.1, 0.15) is 44.2 Å². The highest BCUT2D eigenvalue weighted by molar-refractivity contribution is 5.94. The van der Waals surface area contributed by atoms with Gasteiger partial charge in [-0.1, -0.05) is 12.1 Å². The molecule has 0 bridgehead atoms. The fourth-order valence-corrected chi connectivity index (χ4v) is 4.51. The van der Waals surface area contributed by atoms with Gasteiger partial charge in [0.1, 0.15) is 18.2 Å². The Hall–Kier alpha value is -3.74. The number of hydrogen-bond donors (Lipinski definition) is 1. The number of fused-ring (bicyclic) bond motifs is 1. The van der Waals surface area contributed by atoms with Crippen molar-refractivity contribution in [2.24, 2.45) is 0 Å². The third-order valence-corrected chi connectivity index (χ3v) is 6.29. The van der Waals surface area contributed by atoms with Crippen molar-refractivity contribution in [3.05, 3.63) is 70.0 Å². The van der Waals surface area contributed by atoms with Gasteiger partial charge in [0.2, 0.25) is 0 Å². The predicted molar refractivity (Wildman–Crippen MR) is 119 cm³/mol. The number of rotatable bonds is 5. The van der Waals surface area contributed by atoms with Crippen molar-refractivity contribution >= 4 is 5.97 Å². The number of carbonyl (C=O) groups is 1. The van der Waals surface area contributed by atoms with Crippen LogP contribution in [0.2, 0.25) is 0 Å². The number of ether oxygens (including phenoxy) is 2. The summed E-state index contributed by atoms with van der Waals surface area (Å²) >= 11 is 0. The number of nitrogens with one attached hydrogen (secondary N) is 1. The summed E-state index contributed by atoms with van der Waals surface area (Å²) in [5.41, 5.74) is 5.51. The standard InChI is InChI=1S/C24H24N6O3/c1-15-18(4-5-19-20(15)14-33-24(19)31)21-13-29(8-7-26-21)11-16-3-6-22(27-10-16)30-12-17(9-25)23(28-30)32-2/h3-6,10,12,21,26H,7-8,11,13-14H2,1-2H3. The molecule has 2 aliphatic rings. The molecule has 1 fully saturated rings. The quantitative estimate of drug-likeness (QED) is 0.598. The molecule has 5 rings (SSSR count). The number of pyridine rings is 1. The molecule has 168 valence electrons. The lowest BCUT2D eigenvalue weighted by Gasteiger charge is -2.34. The van der Waals surface area contributed by atoms with Crippen molar-refractivity contribution in [3.63, 3.8) is 0 Å². The summed E-state index contributed by atoms with van der Waals surface area (Å²) in [6.45, 7) is 5.89. The number of esters is 1. The molecule has 1 aromatic carbocycles. The molecular formula is C24H24N6O3. The smallest absolute Gasteiger partial charge is 0.338 e. The van der Waals surface area contributed by atoms with E-state index < -0.39 is 0 Å². The summed E-state index contributed by atoms with van der Waals surface area (Å²) in [6, 6.07) is 10.1. The number of nitrogens with zero attached hydrogens (tertiary/aromatic N) is 5. The molecule has 9 heteroatoms. The van der Waals surface area contributed by atoms with Crippen LogP contribution in [0.25, 0.3) is 5.82 Å². The van der Waals surface area contributed by atoms with E-state index in [2.05, 4.69) is 33.3 Å². The Bertz CT molecular complexity index is 1240. The van der Waals surface area contributed by atoms with Crippen LogP contribution in [-0.2, 0) is 17.9 Å². The third-order valence-electron chi connectivity index (χ3n) is 6.29. The van der Waals surface area contributed by atoms with Crippen LogP contribution < -0.4 is 10.1 Å². The van der Waals surface area contributed by atoms with Gasteiger partial charge in [0, 0.05) is 44.0 Å². The molecular weight excluding hydrogens is 420 g/mol. The number of hydrogen-bond acceptors (Lipinski definition) is 8. The van der Waals surface area contributed by atoms with Gasteiger partial charge in [-0.3, -0.25) is 4.90 Å². The molecule has 0 aliphatic carbocycles. The molecule has 33 heavy (non-hydrogen) atoms. The van der Waals surface area contributed by atoms with Crippen molar-refractivity contribution in [2.75, 3.05) is 26.7 Å². The molecule has 3 aromatic rings. The summed E-state index contributed by atoms with van der Waals surface area (Å²) in [6.07, 6.45) is 3.45. The Morgan fingerprint density at radius 3 is 2.94 bits per heavy atom. The molecule has 0 amide bonds. The number of aromatic nitrogens is 3. The van der Waals surface area contributed by atoms with E-state index in [0.29, 0.717) is 23.6 Å². The minimum Gasteiger partial charge on any atom is -0.479 e. The number of carbonyl (C=O) groups excluding carboxylic acids is 1. The Balaban J connectivity index is 1.28. The van der Waals surface area contributed by atoms with Crippen LogP contribution in [0, 0.1) is 18.3 Å². The molecule has 2 aliphatic heterocycles. The van der Waals surface area contributed by atoms with Gasteiger partial charge in [0.15, 0.2) is 5.82 Å². The Kier molecular flexibility index (Phi) is 5.54. The normalized spacial score (nSPS) is 18.0. The zero-order chi connectivity index (χ0) is 22.9. The number of cyclic esters (lactones) is 1. The summed E-state index contributed by atoms with van der Waals surface area (Å²) < 4.78 is 11.9. The van der Waals surface area contributed by atoms with Crippen LogP contribution in [-0.4, -0.2) is 52.4 Å². The lowest BCUT2D eigenvalue weighted by molar-refractivity contribution is 0.0535. The predicted octanol–water partition coefficient (Wildman–Crippen LogP) is 2.27. The second-order valence-electron chi connectivity index (χ2n) is 8.26. The van der Waals surface area contributed by atoms with E-state index in [1.807, 2.05) is 30.5 Å². The van der Waals surface area contributed by atoms with Crippen LogP contribution in [0.5, 0.6) is 5.88 Å². The van der Waals surface area contributed by atoms with Crippen molar-refractivity contribution < 1.29 is 14.3 Å². The first-order chi connectivity index (χ1) is 16.1. The van der Waals surface area contributed by atoms with Crippen LogP contribution in [0.4, 0.5) is 0 Å². The van der Waals surface area contributed by atoms with Gasteiger partial charge in [-0.15, -0.1) is 5.10 Å². The Morgan fingerprint density at radius 2 is 2.21 bits per heavy atom. The molecule has 4 heterocycles. The van der Waals surface area contributed by atoms with E-state index in [1.54, 1.807) is 10.9 Å². The van der Waals surface area contributed by atoms with E-state index in [9.17, 15) is 10.1 Å². The number of nitriles is 1. The fraction of sp³-hybridized carbons (Fsp3) is 0.333. The minimum absolute atomic E-state index is 0.188. The molecule has 9 nitrogen and oxygen atoms in total. The van der Waals surface area contributed by atoms with Gasteiger partial charge in [0.05, 0.1) is 18.9 Å². The molecule has 1 N–H and O–H groups in total. The van der Waals surface area contributed by atoms with Crippen LogP contribution >= 0.6 is 0 Å². The molecule has 1 saturated heterocycles. The van der Waals surface area contributed by atoms with E-state index in [1.165, 1.54) is 12.7 Å².